The summed E-state index contributed by atoms with van der Waals surface area (Å²) >= 11 is 0. The number of aliphatic carboxylic acids is 1. The maximum Gasteiger partial charge on any atom is 0.326 e. The Morgan fingerprint density at radius 3 is 2.56 bits per heavy atom. The SMILES string of the molecule is COC1CC(C(=O)O)N(C(=O)C2(N)CC2)C1. The fourth-order valence-corrected chi connectivity index (χ4v) is 2.06. The molecule has 1 aliphatic carbocycles. The number of carbonyl (C=O) groups is 2. The number of carboxylic acids is 1. The van der Waals surface area contributed by atoms with Crippen LogP contribution in [0.5, 0.6) is 0 Å². The van der Waals surface area contributed by atoms with Crippen LogP contribution in [-0.2, 0) is 14.3 Å². The molecule has 2 rings (SSSR count). The minimum atomic E-state index is -0.989. The number of nitrogens with two attached hydrogens (primary N) is 1. The van der Waals surface area contributed by atoms with E-state index in [4.69, 9.17) is 15.6 Å². The van der Waals surface area contributed by atoms with Gasteiger partial charge in [0.25, 0.3) is 0 Å². The van der Waals surface area contributed by atoms with Gasteiger partial charge in [-0.1, -0.05) is 0 Å². The predicted molar refractivity (Wildman–Crippen MR) is 54.7 cm³/mol. The van der Waals surface area contributed by atoms with Crippen molar-refractivity contribution in [3.8, 4) is 0 Å². The average molecular weight is 228 g/mol. The molecule has 0 aromatic carbocycles. The van der Waals surface area contributed by atoms with Gasteiger partial charge in [-0.05, 0) is 12.8 Å². The summed E-state index contributed by atoms with van der Waals surface area (Å²) in [6, 6.07) is -0.793. The Hall–Kier alpha value is -1.14. The topological polar surface area (TPSA) is 92.9 Å². The van der Waals surface area contributed by atoms with Crippen molar-refractivity contribution in [1.82, 2.24) is 4.90 Å². The lowest BCUT2D eigenvalue weighted by Crippen LogP contribution is -2.50. The van der Waals surface area contributed by atoms with E-state index in [2.05, 4.69) is 0 Å². The van der Waals surface area contributed by atoms with Gasteiger partial charge in [0.1, 0.15) is 6.04 Å². The van der Waals surface area contributed by atoms with Crippen molar-refractivity contribution in [3.05, 3.63) is 0 Å². The molecule has 2 atom stereocenters. The Balaban J connectivity index is 2.12. The summed E-state index contributed by atoms with van der Waals surface area (Å²) in [7, 11) is 1.52. The van der Waals surface area contributed by atoms with Gasteiger partial charge in [-0.3, -0.25) is 4.79 Å². The zero-order valence-electron chi connectivity index (χ0n) is 9.18. The summed E-state index contributed by atoms with van der Waals surface area (Å²) in [5, 5.41) is 9.04. The molecule has 1 saturated heterocycles. The van der Waals surface area contributed by atoms with E-state index in [0.29, 0.717) is 25.8 Å². The largest absolute Gasteiger partial charge is 0.480 e. The van der Waals surface area contributed by atoms with Crippen molar-refractivity contribution in [2.24, 2.45) is 5.73 Å². The van der Waals surface area contributed by atoms with Crippen LogP contribution in [0.25, 0.3) is 0 Å². The molecule has 2 fully saturated rings. The van der Waals surface area contributed by atoms with Gasteiger partial charge in [-0.15, -0.1) is 0 Å². The average Bonchev–Trinajstić information content (AvgIpc) is 2.84. The van der Waals surface area contributed by atoms with Crippen molar-refractivity contribution in [3.63, 3.8) is 0 Å². The summed E-state index contributed by atoms with van der Waals surface area (Å²) in [6.45, 7) is 0.325. The number of likely N-dealkylation sites (tertiary alicyclic amines) is 1. The van der Waals surface area contributed by atoms with Crippen molar-refractivity contribution >= 4 is 11.9 Å². The fraction of sp³-hybridized carbons (Fsp3) is 0.800. The molecule has 0 aromatic rings. The number of carboxylic acid groups (broad SMARTS) is 1. The van der Waals surface area contributed by atoms with Gasteiger partial charge in [-0.2, -0.15) is 0 Å². The Kier molecular flexibility index (Phi) is 2.63. The van der Waals surface area contributed by atoms with Crippen LogP contribution in [0, 0.1) is 0 Å². The number of ether oxygens (including phenoxy) is 1. The first kappa shape index (κ1) is 11.3. The second-order valence-corrected chi connectivity index (χ2v) is 4.56. The molecule has 16 heavy (non-hydrogen) atoms. The summed E-state index contributed by atoms with van der Waals surface area (Å²) in [4.78, 5) is 24.4. The van der Waals surface area contributed by atoms with Crippen molar-refractivity contribution < 1.29 is 19.4 Å². The number of rotatable bonds is 3. The smallest absolute Gasteiger partial charge is 0.326 e. The van der Waals surface area contributed by atoms with Crippen LogP contribution >= 0.6 is 0 Å². The quantitative estimate of drug-likeness (QED) is 0.658. The molecule has 90 valence electrons. The van der Waals surface area contributed by atoms with E-state index in [1.807, 2.05) is 0 Å². The molecule has 0 aromatic heterocycles. The molecular weight excluding hydrogens is 212 g/mol. The highest BCUT2D eigenvalue weighted by Gasteiger charge is 2.52. The number of hydrogen-bond donors (Lipinski definition) is 2. The Morgan fingerprint density at radius 1 is 1.50 bits per heavy atom. The Labute approximate surface area is 93.3 Å². The molecule has 3 N–H and O–H groups in total. The first-order valence-corrected chi connectivity index (χ1v) is 5.33. The van der Waals surface area contributed by atoms with Crippen LogP contribution in [0.1, 0.15) is 19.3 Å². The third-order valence-electron chi connectivity index (χ3n) is 3.36. The van der Waals surface area contributed by atoms with Crippen molar-refractivity contribution in [2.75, 3.05) is 13.7 Å². The second kappa shape index (κ2) is 3.71. The zero-order valence-corrected chi connectivity index (χ0v) is 9.18. The van der Waals surface area contributed by atoms with Crippen LogP contribution in [0.3, 0.4) is 0 Å². The third kappa shape index (κ3) is 1.78. The third-order valence-corrected chi connectivity index (χ3v) is 3.36. The second-order valence-electron chi connectivity index (χ2n) is 4.56. The van der Waals surface area contributed by atoms with E-state index in [9.17, 15) is 9.59 Å². The molecule has 1 aliphatic heterocycles. The number of methoxy groups -OCH3 is 1. The van der Waals surface area contributed by atoms with Gasteiger partial charge in [0.05, 0.1) is 11.6 Å². The van der Waals surface area contributed by atoms with E-state index in [1.54, 1.807) is 0 Å². The molecule has 0 radical (unpaired) electrons. The lowest BCUT2D eigenvalue weighted by Gasteiger charge is -2.24. The van der Waals surface area contributed by atoms with Crippen LogP contribution in [-0.4, -0.2) is 53.2 Å². The van der Waals surface area contributed by atoms with Crippen molar-refractivity contribution in [1.29, 1.82) is 0 Å². The Morgan fingerprint density at radius 2 is 2.12 bits per heavy atom. The highest BCUT2D eigenvalue weighted by molar-refractivity contribution is 5.92. The molecule has 1 saturated carbocycles. The predicted octanol–water partition coefficient (Wildman–Crippen LogP) is -0.822. The maximum absolute atomic E-state index is 12.0. The van der Waals surface area contributed by atoms with Gasteiger partial charge < -0.3 is 20.5 Å². The standard InChI is InChI=1S/C10H16N2O4/c1-16-6-4-7(8(13)14)12(5-6)9(15)10(11)2-3-10/h6-7H,2-5,11H2,1H3,(H,13,14). The fourth-order valence-electron chi connectivity index (χ4n) is 2.06. The first-order chi connectivity index (χ1) is 7.48. The minimum Gasteiger partial charge on any atom is -0.480 e. The highest BCUT2D eigenvalue weighted by Crippen LogP contribution is 2.36. The van der Waals surface area contributed by atoms with Crippen LogP contribution in [0.2, 0.25) is 0 Å². The molecule has 0 spiro atoms. The van der Waals surface area contributed by atoms with Gasteiger partial charge in [0.15, 0.2) is 0 Å². The van der Waals surface area contributed by atoms with Crippen LogP contribution in [0.15, 0.2) is 0 Å². The molecular formula is C10H16N2O4. The maximum atomic E-state index is 12.0. The van der Waals surface area contributed by atoms with E-state index < -0.39 is 17.6 Å². The minimum absolute atomic E-state index is 0.201. The molecule has 2 unspecified atom stereocenters. The number of nitrogens with zero attached hydrogens (tertiary/aromatic N) is 1. The normalized spacial score (nSPS) is 31.5. The summed E-state index contributed by atoms with van der Waals surface area (Å²) in [5.74, 6) is -1.24. The van der Waals surface area contributed by atoms with Gasteiger partial charge >= 0.3 is 5.97 Å². The lowest BCUT2D eigenvalue weighted by molar-refractivity contribution is -0.149. The van der Waals surface area contributed by atoms with Crippen molar-refractivity contribution in [2.45, 2.75) is 36.9 Å². The summed E-state index contributed by atoms with van der Waals surface area (Å²) in [5.41, 5.74) is 4.99. The lowest BCUT2D eigenvalue weighted by atomic mass is 10.2. The molecule has 6 heteroatoms. The number of amides is 1. The van der Waals surface area contributed by atoms with Gasteiger partial charge in [0.2, 0.25) is 5.91 Å². The molecule has 6 nitrogen and oxygen atoms in total. The summed E-state index contributed by atoms with van der Waals surface area (Å²) in [6.07, 6.45) is 1.43. The molecule has 2 aliphatic rings. The van der Waals surface area contributed by atoms with E-state index in [0.717, 1.165) is 0 Å². The van der Waals surface area contributed by atoms with Crippen LogP contribution in [0.4, 0.5) is 0 Å². The zero-order chi connectivity index (χ0) is 11.9. The van der Waals surface area contributed by atoms with E-state index in [-0.39, 0.29) is 12.0 Å². The van der Waals surface area contributed by atoms with E-state index >= 15 is 0 Å². The first-order valence-electron chi connectivity index (χ1n) is 5.33. The van der Waals surface area contributed by atoms with Crippen LogP contribution < -0.4 is 5.73 Å². The molecule has 1 heterocycles. The van der Waals surface area contributed by atoms with Gasteiger partial charge in [0, 0.05) is 20.1 Å². The van der Waals surface area contributed by atoms with Gasteiger partial charge in [-0.25, -0.2) is 4.79 Å². The molecule has 0 bridgehead atoms. The monoisotopic (exact) mass is 228 g/mol. The summed E-state index contributed by atoms with van der Waals surface area (Å²) < 4.78 is 5.11. The highest BCUT2D eigenvalue weighted by atomic mass is 16.5. The number of carbonyl (C=O) groups excluding carboxylic acids is 1. The number of hydrogen-bond acceptors (Lipinski definition) is 4. The van der Waals surface area contributed by atoms with E-state index in [1.165, 1.54) is 12.0 Å². The molecule has 1 amide bonds. The Bertz CT molecular complexity index is 327.